The number of hydrogen-bond donors (Lipinski definition) is 3. The second-order valence-electron chi connectivity index (χ2n) is 6.43. The van der Waals surface area contributed by atoms with Crippen LogP contribution in [0.5, 0.6) is 0 Å². The van der Waals surface area contributed by atoms with Crippen molar-refractivity contribution in [3.8, 4) is 0 Å². The van der Waals surface area contributed by atoms with Gasteiger partial charge in [0.1, 0.15) is 0 Å². The number of carbonyl (C=O) groups is 2. The van der Waals surface area contributed by atoms with Crippen LogP contribution in [-0.4, -0.2) is 25.0 Å². The van der Waals surface area contributed by atoms with Crippen molar-refractivity contribution in [2.24, 2.45) is 11.8 Å². The summed E-state index contributed by atoms with van der Waals surface area (Å²) < 4.78 is 0. The molecule has 3 N–H and O–H groups in total. The molecular weight excluding hydrogens is 290 g/mol. The number of nitrogens with one attached hydrogen (secondary N) is 3. The van der Waals surface area contributed by atoms with Crippen molar-refractivity contribution in [3.05, 3.63) is 35.9 Å². The van der Waals surface area contributed by atoms with Crippen LogP contribution in [0.3, 0.4) is 0 Å². The fourth-order valence-corrected chi connectivity index (χ4v) is 2.67. The molecule has 0 aliphatic heterocycles. The first-order valence-electron chi connectivity index (χ1n) is 8.45. The van der Waals surface area contributed by atoms with E-state index in [-0.39, 0.29) is 23.9 Å². The van der Waals surface area contributed by atoms with E-state index < -0.39 is 0 Å². The van der Waals surface area contributed by atoms with Crippen molar-refractivity contribution in [2.45, 2.75) is 39.2 Å². The lowest BCUT2D eigenvalue weighted by atomic mass is 9.77. The molecule has 3 amide bonds. The smallest absolute Gasteiger partial charge is 0.315 e. The van der Waals surface area contributed by atoms with Gasteiger partial charge >= 0.3 is 6.03 Å². The second-order valence-corrected chi connectivity index (χ2v) is 6.43. The molecule has 126 valence electrons. The molecule has 0 saturated heterocycles. The van der Waals surface area contributed by atoms with Crippen molar-refractivity contribution >= 4 is 11.9 Å². The molecule has 0 bridgehead atoms. The Hall–Kier alpha value is -2.04. The van der Waals surface area contributed by atoms with E-state index in [4.69, 9.17) is 0 Å². The highest BCUT2D eigenvalue weighted by molar-refractivity contribution is 5.78. The predicted molar refractivity (Wildman–Crippen MR) is 90.9 cm³/mol. The van der Waals surface area contributed by atoms with Gasteiger partial charge in [-0.15, -0.1) is 0 Å². The first-order valence-corrected chi connectivity index (χ1v) is 8.45. The SMILES string of the molecule is CC(C)C(=O)NCCNC(=O)N[C@@H](c1ccccc1)C1CCC1. The standard InChI is InChI=1S/C18H27N3O2/c1-13(2)17(22)19-11-12-20-18(23)21-16(15-9-6-10-15)14-7-4-3-5-8-14/h3-5,7-8,13,15-16H,6,9-12H2,1-2H3,(H,19,22)(H2,20,21,23)/t16-/m0/s1. The van der Waals surface area contributed by atoms with Gasteiger partial charge in [0, 0.05) is 19.0 Å². The van der Waals surface area contributed by atoms with Gasteiger partial charge in [0.2, 0.25) is 5.91 Å². The Kier molecular flexibility index (Phi) is 6.44. The van der Waals surface area contributed by atoms with Gasteiger partial charge in [-0.1, -0.05) is 50.6 Å². The molecule has 0 aromatic heterocycles. The van der Waals surface area contributed by atoms with Crippen LogP contribution in [0, 0.1) is 11.8 Å². The molecule has 1 saturated carbocycles. The molecule has 23 heavy (non-hydrogen) atoms. The van der Waals surface area contributed by atoms with E-state index in [1.54, 1.807) is 0 Å². The van der Waals surface area contributed by atoms with E-state index in [9.17, 15) is 9.59 Å². The highest BCUT2D eigenvalue weighted by Crippen LogP contribution is 2.37. The van der Waals surface area contributed by atoms with Crippen LogP contribution in [0.4, 0.5) is 4.79 Å². The summed E-state index contributed by atoms with van der Waals surface area (Å²) in [5.41, 5.74) is 1.15. The monoisotopic (exact) mass is 317 g/mol. The second kappa shape index (κ2) is 8.56. The van der Waals surface area contributed by atoms with Gasteiger partial charge in [0.25, 0.3) is 0 Å². The first-order chi connectivity index (χ1) is 11.1. The maximum atomic E-state index is 12.1. The number of carbonyl (C=O) groups excluding carboxylic acids is 2. The molecule has 0 spiro atoms. The third kappa shape index (κ3) is 5.27. The molecule has 0 radical (unpaired) electrons. The van der Waals surface area contributed by atoms with Crippen LogP contribution in [0.15, 0.2) is 30.3 Å². The van der Waals surface area contributed by atoms with E-state index in [1.165, 1.54) is 6.42 Å². The van der Waals surface area contributed by atoms with Crippen molar-refractivity contribution in [2.75, 3.05) is 13.1 Å². The van der Waals surface area contributed by atoms with Gasteiger partial charge < -0.3 is 16.0 Å². The van der Waals surface area contributed by atoms with Crippen LogP contribution < -0.4 is 16.0 Å². The van der Waals surface area contributed by atoms with Crippen LogP contribution in [0.25, 0.3) is 0 Å². The molecule has 1 aromatic carbocycles. The highest BCUT2D eigenvalue weighted by atomic mass is 16.2. The molecular formula is C18H27N3O2. The van der Waals surface area contributed by atoms with E-state index in [0.717, 1.165) is 18.4 Å². The summed E-state index contributed by atoms with van der Waals surface area (Å²) in [6, 6.07) is 10.0. The molecule has 0 unspecified atom stereocenters. The van der Waals surface area contributed by atoms with E-state index in [1.807, 2.05) is 32.0 Å². The van der Waals surface area contributed by atoms with Crippen LogP contribution >= 0.6 is 0 Å². The number of urea groups is 1. The number of hydrogen-bond acceptors (Lipinski definition) is 2. The van der Waals surface area contributed by atoms with Gasteiger partial charge in [-0.3, -0.25) is 4.79 Å². The maximum Gasteiger partial charge on any atom is 0.315 e. The van der Waals surface area contributed by atoms with Crippen molar-refractivity contribution in [3.63, 3.8) is 0 Å². The highest BCUT2D eigenvalue weighted by Gasteiger charge is 2.29. The lowest BCUT2D eigenvalue weighted by Crippen LogP contribution is -2.44. The molecule has 5 nitrogen and oxygen atoms in total. The first kappa shape index (κ1) is 17.3. The van der Waals surface area contributed by atoms with Crippen LogP contribution in [0.1, 0.15) is 44.7 Å². The number of rotatable bonds is 7. The van der Waals surface area contributed by atoms with Gasteiger partial charge in [-0.05, 0) is 24.3 Å². The summed E-state index contributed by atoms with van der Waals surface area (Å²) in [5.74, 6) is 0.484. The topological polar surface area (TPSA) is 70.2 Å². The minimum atomic E-state index is -0.176. The lowest BCUT2D eigenvalue weighted by Gasteiger charge is -2.34. The summed E-state index contributed by atoms with van der Waals surface area (Å²) in [5, 5.41) is 8.68. The van der Waals surface area contributed by atoms with Crippen LogP contribution in [-0.2, 0) is 4.79 Å². The summed E-state index contributed by atoms with van der Waals surface area (Å²) in [7, 11) is 0. The zero-order chi connectivity index (χ0) is 16.7. The summed E-state index contributed by atoms with van der Waals surface area (Å²) in [4.78, 5) is 23.6. The minimum Gasteiger partial charge on any atom is -0.354 e. The predicted octanol–water partition coefficient (Wildman–Crippen LogP) is 2.60. The summed E-state index contributed by atoms with van der Waals surface area (Å²) >= 11 is 0. The Morgan fingerprint density at radius 1 is 1.09 bits per heavy atom. The van der Waals surface area contributed by atoms with Gasteiger partial charge in [-0.2, -0.15) is 0 Å². The molecule has 1 aliphatic rings. The van der Waals surface area contributed by atoms with E-state index in [0.29, 0.717) is 19.0 Å². The molecule has 1 atom stereocenters. The Morgan fingerprint density at radius 2 is 1.74 bits per heavy atom. The minimum absolute atomic E-state index is 0.00355. The lowest BCUT2D eigenvalue weighted by molar-refractivity contribution is -0.123. The quantitative estimate of drug-likeness (QED) is 0.677. The Bertz CT molecular complexity index is 512. The molecule has 2 rings (SSSR count). The van der Waals surface area contributed by atoms with Crippen molar-refractivity contribution in [1.82, 2.24) is 16.0 Å². The van der Waals surface area contributed by atoms with Gasteiger partial charge in [0.05, 0.1) is 6.04 Å². The van der Waals surface area contributed by atoms with Crippen molar-refractivity contribution in [1.29, 1.82) is 0 Å². The van der Waals surface area contributed by atoms with Gasteiger partial charge in [0.15, 0.2) is 0 Å². The Labute approximate surface area is 138 Å². The van der Waals surface area contributed by atoms with Crippen molar-refractivity contribution < 1.29 is 9.59 Å². The normalized spacial score (nSPS) is 15.6. The van der Waals surface area contributed by atoms with E-state index in [2.05, 4.69) is 28.1 Å². The molecule has 5 heteroatoms. The third-order valence-corrected chi connectivity index (χ3v) is 4.30. The summed E-state index contributed by atoms with van der Waals surface area (Å²) in [6.45, 7) is 4.57. The molecule has 1 aliphatic carbocycles. The zero-order valence-corrected chi connectivity index (χ0v) is 14.0. The number of amides is 3. The Balaban J connectivity index is 1.78. The average Bonchev–Trinajstić information content (AvgIpc) is 2.49. The molecule has 1 fully saturated rings. The molecule has 1 aromatic rings. The zero-order valence-electron chi connectivity index (χ0n) is 14.0. The fourth-order valence-electron chi connectivity index (χ4n) is 2.67. The average molecular weight is 317 g/mol. The number of benzene rings is 1. The van der Waals surface area contributed by atoms with Crippen LogP contribution in [0.2, 0.25) is 0 Å². The fraction of sp³-hybridized carbons (Fsp3) is 0.556. The van der Waals surface area contributed by atoms with Gasteiger partial charge in [-0.25, -0.2) is 4.79 Å². The van der Waals surface area contributed by atoms with E-state index >= 15 is 0 Å². The summed E-state index contributed by atoms with van der Waals surface area (Å²) in [6.07, 6.45) is 3.55. The Morgan fingerprint density at radius 3 is 2.30 bits per heavy atom. The largest absolute Gasteiger partial charge is 0.354 e. The molecule has 0 heterocycles. The third-order valence-electron chi connectivity index (χ3n) is 4.30. The maximum absolute atomic E-state index is 12.1.